The van der Waals surface area contributed by atoms with Crippen molar-refractivity contribution in [3.63, 3.8) is 0 Å². The molecule has 1 aromatic rings. The fourth-order valence-corrected chi connectivity index (χ4v) is 2.65. The first-order chi connectivity index (χ1) is 9.72. The van der Waals surface area contributed by atoms with E-state index in [1.54, 1.807) is 12.1 Å². The molecule has 0 saturated carbocycles. The molecule has 5 heteroatoms. The summed E-state index contributed by atoms with van der Waals surface area (Å²) in [6.07, 6.45) is 3.08. The Morgan fingerprint density at radius 3 is 2.70 bits per heavy atom. The molecule has 2 heterocycles. The van der Waals surface area contributed by atoms with Crippen molar-refractivity contribution < 1.29 is 14.7 Å². The third-order valence-electron chi connectivity index (χ3n) is 3.79. The molecule has 1 atom stereocenters. The van der Waals surface area contributed by atoms with Gasteiger partial charge in [0.1, 0.15) is 11.9 Å². The summed E-state index contributed by atoms with van der Waals surface area (Å²) >= 11 is 0. The normalized spacial score (nSPS) is 21.7. The maximum Gasteiger partial charge on any atom is 0.226 e. The van der Waals surface area contributed by atoms with Crippen LogP contribution in [0.2, 0.25) is 0 Å². The number of hydrogen-bond acceptors (Lipinski definition) is 4. The molecule has 0 aliphatic carbocycles. The van der Waals surface area contributed by atoms with Crippen LogP contribution in [0.1, 0.15) is 31.2 Å². The number of hydrogen-bond donors (Lipinski definition) is 1. The minimum Gasteiger partial charge on any atom is -0.508 e. The molecule has 1 amide bonds. The third-order valence-corrected chi connectivity index (χ3v) is 3.79. The van der Waals surface area contributed by atoms with Gasteiger partial charge in [0.25, 0.3) is 0 Å². The highest BCUT2D eigenvalue weighted by molar-refractivity contribution is 6.01. The van der Waals surface area contributed by atoms with Crippen LogP contribution in [-0.4, -0.2) is 40.8 Å². The van der Waals surface area contributed by atoms with E-state index in [0.717, 1.165) is 37.2 Å². The van der Waals surface area contributed by atoms with Crippen LogP contribution in [0.25, 0.3) is 0 Å². The highest BCUT2D eigenvalue weighted by Gasteiger charge is 2.27. The zero-order valence-electron chi connectivity index (χ0n) is 11.3. The Balaban J connectivity index is 1.56. The SMILES string of the molecule is O=C(CC1CC(c2ccc(O)cc2)=NO1)N1CCCC1. The van der Waals surface area contributed by atoms with Crippen molar-refractivity contribution in [1.82, 2.24) is 4.90 Å². The van der Waals surface area contributed by atoms with E-state index in [9.17, 15) is 9.90 Å². The number of amides is 1. The number of phenolic OH excluding ortho intramolecular Hbond substituents is 1. The largest absolute Gasteiger partial charge is 0.508 e. The van der Waals surface area contributed by atoms with Crippen molar-refractivity contribution in [1.29, 1.82) is 0 Å². The van der Waals surface area contributed by atoms with Crippen LogP contribution in [0, 0.1) is 0 Å². The second-order valence-electron chi connectivity index (χ2n) is 5.31. The summed E-state index contributed by atoms with van der Waals surface area (Å²) in [4.78, 5) is 19.3. The second kappa shape index (κ2) is 5.53. The lowest BCUT2D eigenvalue weighted by molar-refractivity contribution is -0.132. The molecule has 5 nitrogen and oxygen atoms in total. The highest BCUT2D eigenvalue weighted by atomic mass is 16.6. The van der Waals surface area contributed by atoms with Gasteiger partial charge in [0.15, 0.2) is 0 Å². The summed E-state index contributed by atoms with van der Waals surface area (Å²) in [6.45, 7) is 1.74. The molecule has 1 unspecified atom stereocenters. The number of oxime groups is 1. The van der Waals surface area contributed by atoms with E-state index in [4.69, 9.17) is 4.84 Å². The predicted molar refractivity (Wildman–Crippen MR) is 74.6 cm³/mol. The van der Waals surface area contributed by atoms with Crippen LogP contribution in [-0.2, 0) is 9.63 Å². The Labute approximate surface area is 117 Å². The van der Waals surface area contributed by atoms with E-state index in [1.165, 1.54) is 0 Å². The van der Waals surface area contributed by atoms with Gasteiger partial charge in [-0.1, -0.05) is 5.16 Å². The van der Waals surface area contributed by atoms with Gasteiger partial charge < -0.3 is 14.8 Å². The Morgan fingerprint density at radius 2 is 2.00 bits per heavy atom. The lowest BCUT2D eigenvalue weighted by Gasteiger charge is -2.16. The number of benzene rings is 1. The molecule has 1 aromatic carbocycles. The first kappa shape index (κ1) is 13.0. The van der Waals surface area contributed by atoms with Crippen LogP contribution in [0.3, 0.4) is 0 Å². The van der Waals surface area contributed by atoms with Gasteiger partial charge in [-0.05, 0) is 42.7 Å². The number of aromatic hydroxyl groups is 1. The lowest BCUT2D eigenvalue weighted by Crippen LogP contribution is -2.30. The third kappa shape index (κ3) is 2.76. The van der Waals surface area contributed by atoms with Gasteiger partial charge in [0.05, 0.1) is 12.1 Å². The van der Waals surface area contributed by atoms with Crippen molar-refractivity contribution in [2.45, 2.75) is 31.8 Å². The Kier molecular flexibility index (Phi) is 3.58. The first-order valence-electron chi connectivity index (χ1n) is 7.02. The monoisotopic (exact) mass is 274 g/mol. The van der Waals surface area contributed by atoms with Crippen LogP contribution >= 0.6 is 0 Å². The van der Waals surface area contributed by atoms with E-state index in [-0.39, 0.29) is 17.8 Å². The van der Waals surface area contributed by atoms with Crippen molar-refractivity contribution in [3.05, 3.63) is 29.8 Å². The van der Waals surface area contributed by atoms with Crippen LogP contribution in [0.15, 0.2) is 29.4 Å². The van der Waals surface area contributed by atoms with Gasteiger partial charge in [-0.3, -0.25) is 4.79 Å². The summed E-state index contributed by atoms with van der Waals surface area (Å²) in [5, 5.41) is 13.3. The molecular formula is C15H18N2O3. The molecule has 2 aliphatic heterocycles. The summed E-state index contributed by atoms with van der Waals surface area (Å²) in [6, 6.07) is 6.87. The molecule has 0 bridgehead atoms. The highest BCUT2D eigenvalue weighted by Crippen LogP contribution is 2.22. The summed E-state index contributed by atoms with van der Waals surface area (Å²) in [5.74, 6) is 0.392. The van der Waals surface area contributed by atoms with Crippen LogP contribution < -0.4 is 0 Å². The quantitative estimate of drug-likeness (QED) is 0.915. The zero-order valence-corrected chi connectivity index (χ0v) is 11.3. The second-order valence-corrected chi connectivity index (χ2v) is 5.31. The van der Waals surface area contributed by atoms with E-state index in [0.29, 0.717) is 12.8 Å². The fraction of sp³-hybridized carbons (Fsp3) is 0.467. The van der Waals surface area contributed by atoms with Gasteiger partial charge in [0, 0.05) is 19.5 Å². The van der Waals surface area contributed by atoms with E-state index >= 15 is 0 Å². The van der Waals surface area contributed by atoms with Crippen molar-refractivity contribution in [2.75, 3.05) is 13.1 Å². The summed E-state index contributed by atoms with van der Waals surface area (Å²) in [5.41, 5.74) is 1.77. The molecule has 3 rings (SSSR count). The van der Waals surface area contributed by atoms with Crippen molar-refractivity contribution in [2.24, 2.45) is 5.16 Å². The predicted octanol–water partition coefficient (Wildman–Crippen LogP) is 1.90. The fourth-order valence-electron chi connectivity index (χ4n) is 2.65. The zero-order chi connectivity index (χ0) is 13.9. The van der Waals surface area contributed by atoms with Gasteiger partial charge in [0.2, 0.25) is 5.91 Å². The van der Waals surface area contributed by atoms with E-state index in [1.807, 2.05) is 17.0 Å². The minimum absolute atomic E-state index is 0.160. The number of phenols is 1. The smallest absolute Gasteiger partial charge is 0.226 e. The molecule has 1 N–H and O–H groups in total. The van der Waals surface area contributed by atoms with Gasteiger partial charge in [-0.15, -0.1) is 0 Å². The van der Waals surface area contributed by atoms with E-state index < -0.39 is 0 Å². The maximum absolute atomic E-state index is 12.1. The minimum atomic E-state index is -0.160. The average molecular weight is 274 g/mol. The van der Waals surface area contributed by atoms with Gasteiger partial charge in [-0.25, -0.2) is 0 Å². The van der Waals surface area contributed by atoms with Crippen molar-refractivity contribution >= 4 is 11.6 Å². The van der Waals surface area contributed by atoms with Gasteiger partial charge >= 0.3 is 0 Å². The molecule has 2 aliphatic rings. The molecule has 0 spiro atoms. The topological polar surface area (TPSA) is 62.1 Å². The van der Waals surface area contributed by atoms with Crippen LogP contribution in [0.5, 0.6) is 5.75 Å². The Morgan fingerprint density at radius 1 is 1.30 bits per heavy atom. The van der Waals surface area contributed by atoms with E-state index in [2.05, 4.69) is 5.16 Å². The number of carbonyl (C=O) groups is 1. The molecule has 0 radical (unpaired) electrons. The summed E-state index contributed by atoms with van der Waals surface area (Å²) in [7, 11) is 0. The number of carbonyl (C=O) groups excluding carboxylic acids is 1. The number of rotatable bonds is 3. The Hall–Kier alpha value is -2.04. The van der Waals surface area contributed by atoms with Crippen molar-refractivity contribution in [3.8, 4) is 5.75 Å². The molecule has 20 heavy (non-hydrogen) atoms. The number of nitrogens with zero attached hydrogens (tertiary/aromatic N) is 2. The van der Waals surface area contributed by atoms with Crippen LogP contribution in [0.4, 0.5) is 0 Å². The molecular weight excluding hydrogens is 256 g/mol. The van der Waals surface area contributed by atoms with Gasteiger partial charge in [-0.2, -0.15) is 0 Å². The molecule has 1 saturated heterocycles. The molecule has 106 valence electrons. The lowest BCUT2D eigenvalue weighted by atomic mass is 10.0. The maximum atomic E-state index is 12.1. The number of likely N-dealkylation sites (tertiary alicyclic amines) is 1. The first-order valence-corrected chi connectivity index (χ1v) is 7.02. The summed E-state index contributed by atoms with van der Waals surface area (Å²) < 4.78 is 0. The molecule has 0 aromatic heterocycles. The standard InChI is InChI=1S/C15H18N2O3/c18-12-5-3-11(4-6-12)14-9-13(20-16-14)10-15(19)17-7-1-2-8-17/h3-6,13,18H,1-2,7-10H2. The Bertz CT molecular complexity index is 518. The molecule has 1 fully saturated rings. The average Bonchev–Trinajstić information content (AvgIpc) is 3.10.